The van der Waals surface area contributed by atoms with Crippen molar-refractivity contribution in [3.8, 4) is 11.3 Å². The van der Waals surface area contributed by atoms with E-state index >= 15 is 0 Å². The van der Waals surface area contributed by atoms with Gasteiger partial charge in [-0.3, -0.25) is 4.79 Å². The molecule has 0 bridgehead atoms. The molecule has 0 saturated heterocycles. The van der Waals surface area contributed by atoms with E-state index in [0.717, 1.165) is 20.6 Å². The molecule has 0 fully saturated rings. The van der Waals surface area contributed by atoms with Gasteiger partial charge in [0.1, 0.15) is 5.82 Å². The SMILES string of the molecule is Cc1sc(=NC(=O)c2ccccc2F)n(C)c1-c1ccc(Br)cc1. The third kappa shape index (κ3) is 3.25. The lowest BCUT2D eigenvalue weighted by atomic mass is 10.1. The molecule has 1 aromatic heterocycles. The molecule has 122 valence electrons. The van der Waals surface area contributed by atoms with Crippen molar-refractivity contribution in [2.24, 2.45) is 12.0 Å². The molecule has 3 aromatic rings. The van der Waals surface area contributed by atoms with E-state index < -0.39 is 11.7 Å². The largest absolute Gasteiger partial charge is 0.319 e. The van der Waals surface area contributed by atoms with Crippen LogP contribution in [0.4, 0.5) is 4.39 Å². The number of benzene rings is 2. The molecule has 0 aliphatic heterocycles. The summed E-state index contributed by atoms with van der Waals surface area (Å²) in [4.78, 5) is 18.0. The maximum atomic E-state index is 13.7. The van der Waals surface area contributed by atoms with Gasteiger partial charge in [0.25, 0.3) is 5.91 Å². The zero-order valence-corrected chi connectivity index (χ0v) is 15.5. The first-order chi connectivity index (χ1) is 11.5. The highest BCUT2D eigenvalue weighted by molar-refractivity contribution is 9.10. The quantitative estimate of drug-likeness (QED) is 0.609. The molecule has 1 heterocycles. The lowest BCUT2D eigenvalue weighted by Gasteiger charge is -2.05. The normalized spacial score (nSPS) is 11.8. The molecule has 24 heavy (non-hydrogen) atoms. The summed E-state index contributed by atoms with van der Waals surface area (Å²) in [7, 11) is 1.86. The summed E-state index contributed by atoms with van der Waals surface area (Å²) < 4.78 is 16.6. The molecule has 1 amide bonds. The highest BCUT2D eigenvalue weighted by Gasteiger charge is 2.13. The van der Waals surface area contributed by atoms with Gasteiger partial charge in [-0.05, 0) is 36.8 Å². The Morgan fingerprint density at radius 3 is 2.50 bits per heavy atom. The lowest BCUT2D eigenvalue weighted by Crippen LogP contribution is -2.15. The molecule has 6 heteroatoms. The average molecular weight is 405 g/mol. The van der Waals surface area contributed by atoms with Crippen molar-refractivity contribution in [3.63, 3.8) is 0 Å². The number of aryl methyl sites for hydroxylation is 1. The van der Waals surface area contributed by atoms with Gasteiger partial charge in [-0.15, -0.1) is 11.3 Å². The van der Waals surface area contributed by atoms with Gasteiger partial charge in [0.05, 0.1) is 11.3 Å². The topological polar surface area (TPSA) is 34.4 Å². The van der Waals surface area contributed by atoms with E-state index in [1.165, 1.54) is 23.5 Å². The summed E-state index contributed by atoms with van der Waals surface area (Å²) in [6, 6.07) is 13.8. The van der Waals surface area contributed by atoms with Gasteiger partial charge in [0.2, 0.25) is 0 Å². The number of nitrogens with zero attached hydrogens (tertiary/aromatic N) is 2. The van der Waals surface area contributed by atoms with Gasteiger partial charge in [-0.25, -0.2) is 4.39 Å². The van der Waals surface area contributed by atoms with Gasteiger partial charge in [0, 0.05) is 16.4 Å². The second kappa shape index (κ2) is 6.83. The number of carbonyl (C=O) groups excluding carboxylic acids is 1. The third-order valence-electron chi connectivity index (χ3n) is 3.62. The minimum atomic E-state index is -0.577. The van der Waals surface area contributed by atoms with E-state index in [4.69, 9.17) is 0 Å². The number of carbonyl (C=O) groups is 1. The monoisotopic (exact) mass is 404 g/mol. The number of hydrogen-bond acceptors (Lipinski definition) is 2. The average Bonchev–Trinajstić information content (AvgIpc) is 2.83. The minimum absolute atomic E-state index is 0.0197. The van der Waals surface area contributed by atoms with E-state index in [-0.39, 0.29) is 5.56 Å². The van der Waals surface area contributed by atoms with E-state index in [9.17, 15) is 9.18 Å². The van der Waals surface area contributed by atoms with Crippen LogP contribution in [0.25, 0.3) is 11.3 Å². The maximum Gasteiger partial charge on any atom is 0.282 e. The summed E-state index contributed by atoms with van der Waals surface area (Å²) in [5, 5.41) is 0. The fraction of sp³-hybridized carbons (Fsp3) is 0.111. The molecular weight excluding hydrogens is 391 g/mol. The Morgan fingerprint density at radius 2 is 1.83 bits per heavy atom. The Bertz CT molecular complexity index is 973. The molecule has 2 aromatic carbocycles. The summed E-state index contributed by atoms with van der Waals surface area (Å²) >= 11 is 4.83. The van der Waals surface area contributed by atoms with Crippen LogP contribution in [0, 0.1) is 12.7 Å². The van der Waals surface area contributed by atoms with E-state index in [1.54, 1.807) is 12.1 Å². The van der Waals surface area contributed by atoms with Crippen LogP contribution < -0.4 is 4.80 Å². The van der Waals surface area contributed by atoms with Crippen molar-refractivity contribution < 1.29 is 9.18 Å². The summed E-state index contributed by atoms with van der Waals surface area (Å²) in [6.45, 7) is 1.98. The molecule has 0 aliphatic rings. The Labute approximate surface area is 151 Å². The number of thiazole rings is 1. The predicted molar refractivity (Wildman–Crippen MR) is 97.5 cm³/mol. The standard InChI is InChI=1S/C18H14BrFN2OS/c1-11-16(12-7-9-13(19)10-8-12)22(2)18(24-11)21-17(23)14-5-3-4-6-15(14)20/h3-10H,1-2H3. The first-order valence-corrected chi connectivity index (χ1v) is 8.84. The van der Waals surface area contributed by atoms with Crippen molar-refractivity contribution in [1.82, 2.24) is 4.57 Å². The molecule has 0 spiro atoms. The van der Waals surface area contributed by atoms with Crippen LogP contribution in [0.3, 0.4) is 0 Å². The zero-order valence-electron chi connectivity index (χ0n) is 13.1. The number of amides is 1. The van der Waals surface area contributed by atoms with Crippen LogP contribution in [0.15, 0.2) is 58.0 Å². The lowest BCUT2D eigenvalue weighted by molar-refractivity contribution is 0.0994. The van der Waals surface area contributed by atoms with E-state index in [1.807, 2.05) is 42.8 Å². The van der Waals surface area contributed by atoms with Crippen molar-refractivity contribution in [1.29, 1.82) is 0 Å². The second-order valence-electron chi connectivity index (χ2n) is 5.25. The molecular formula is C18H14BrFN2OS. The van der Waals surface area contributed by atoms with Crippen molar-refractivity contribution in [2.75, 3.05) is 0 Å². The summed E-state index contributed by atoms with van der Waals surface area (Å²) in [5.74, 6) is -1.14. The van der Waals surface area contributed by atoms with Crippen molar-refractivity contribution in [3.05, 3.63) is 74.1 Å². The van der Waals surface area contributed by atoms with Gasteiger partial charge < -0.3 is 4.57 Å². The Balaban J connectivity index is 2.07. The molecule has 0 N–H and O–H groups in total. The van der Waals surface area contributed by atoms with Crippen LogP contribution in [0.5, 0.6) is 0 Å². The first-order valence-electron chi connectivity index (χ1n) is 7.23. The Hall–Kier alpha value is -2.05. The third-order valence-corrected chi connectivity index (χ3v) is 5.20. The smallest absolute Gasteiger partial charge is 0.282 e. The number of aromatic nitrogens is 1. The summed E-state index contributed by atoms with van der Waals surface area (Å²) in [5.41, 5.74) is 2.01. The van der Waals surface area contributed by atoms with Crippen LogP contribution in [0.2, 0.25) is 0 Å². The van der Waals surface area contributed by atoms with Crippen molar-refractivity contribution in [2.45, 2.75) is 6.92 Å². The maximum absolute atomic E-state index is 13.7. The number of halogens is 2. The van der Waals surface area contributed by atoms with E-state index in [2.05, 4.69) is 20.9 Å². The fourth-order valence-electron chi connectivity index (χ4n) is 2.47. The van der Waals surface area contributed by atoms with Gasteiger partial charge in [0.15, 0.2) is 4.80 Å². The fourth-order valence-corrected chi connectivity index (χ4v) is 3.72. The van der Waals surface area contributed by atoms with Gasteiger partial charge >= 0.3 is 0 Å². The van der Waals surface area contributed by atoms with Crippen LogP contribution >= 0.6 is 27.3 Å². The molecule has 0 saturated carbocycles. The second-order valence-corrected chi connectivity index (χ2v) is 7.35. The predicted octanol–water partition coefficient (Wildman–Crippen LogP) is 4.70. The number of rotatable bonds is 2. The first kappa shape index (κ1) is 16.8. The minimum Gasteiger partial charge on any atom is -0.319 e. The van der Waals surface area contributed by atoms with Crippen LogP contribution in [-0.2, 0) is 7.05 Å². The molecule has 3 rings (SSSR count). The molecule has 0 atom stereocenters. The van der Waals surface area contributed by atoms with Crippen LogP contribution in [0.1, 0.15) is 15.2 Å². The number of hydrogen-bond donors (Lipinski definition) is 0. The van der Waals surface area contributed by atoms with Gasteiger partial charge in [-0.2, -0.15) is 4.99 Å². The van der Waals surface area contributed by atoms with Gasteiger partial charge in [-0.1, -0.05) is 40.2 Å². The van der Waals surface area contributed by atoms with E-state index in [0.29, 0.717) is 4.80 Å². The molecule has 0 unspecified atom stereocenters. The van der Waals surface area contributed by atoms with Crippen molar-refractivity contribution >= 4 is 33.2 Å². The highest BCUT2D eigenvalue weighted by Crippen LogP contribution is 2.26. The summed E-state index contributed by atoms with van der Waals surface area (Å²) in [6.07, 6.45) is 0. The molecule has 0 aliphatic carbocycles. The zero-order chi connectivity index (χ0) is 17.3. The van der Waals surface area contributed by atoms with Crippen LogP contribution in [-0.4, -0.2) is 10.5 Å². The highest BCUT2D eigenvalue weighted by atomic mass is 79.9. The molecule has 3 nitrogen and oxygen atoms in total. The Morgan fingerprint density at radius 1 is 1.17 bits per heavy atom. The molecule has 0 radical (unpaired) electrons. The Kier molecular flexibility index (Phi) is 4.78.